The molecule has 0 atom stereocenters. The number of carbonyl (C=O) groups is 1. The van der Waals surface area contributed by atoms with Crippen molar-refractivity contribution in [3.63, 3.8) is 0 Å². The Balaban J connectivity index is 1.62. The van der Waals surface area contributed by atoms with Crippen molar-refractivity contribution in [2.24, 2.45) is 7.05 Å². The van der Waals surface area contributed by atoms with Crippen molar-refractivity contribution in [1.29, 1.82) is 0 Å². The van der Waals surface area contributed by atoms with E-state index in [9.17, 15) is 4.79 Å². The number of aromatic amines is 1. The van der Waals surface area contributed by atoms with E-state index in [0.29, 0.717) is 6.54 Å². The van der Waals surface area contributed by atoms with Crippen LogP contribution in [0.3, 0.4) is 0 Å². The van der Waals surface area contributed by atoms with Crippen molar-refractivity contribution in [3.05, 3.63) is 54.2 Å². The Kier molecular flexibility index (Phi) is 3.73. The van der Waals surface area contributed by atoms with Gasteiger partial charge in [0.25, 0.3) is 5.91 Å². The number of imidazole rings is 1. The van der Waals surface area contributed by atoms with Gasteiger partial charge in [0.1, 0.15) is 5.82 Å². The highest BCUT2D eigenvalue weighted by Gasteiger charge is 2.12. The quantitative estimate of drug-likeness (QED) is 0.705. The van der Waals surface area contributed by atoms with Crippen LogP contribution in [0.2, 0.25) is 0 Å². The standard InChI is InChI=1S/C16H18N4O/c1-20-11-13(12-5-2-3-6-14(12)20)16(21)19-8-4-7-15-17-9-10-18-15/h2-3,5-6,9-11H,4,7-8H2,1H3,(H,17,18)(H,19,21). The van der Waals surface area contributed by atoms with Gasteiger partial charge in [-0.15, -0.1) is 0 Å². The lowest BCUT2D eigenvalue weighted by atomic mass is 10.1. The summed E-state index contributed by atoms with van der Waals surface area (Å²) in [5.74, 6) is 0.931. The lowest BCUT2D eigenvalue weighted by molar-refractivity contribution is 0.0954. The number of para-hydroxylation sites is 1. The van der Waals surface area contributed by atoms with Crippen LogP contribution in [0.15, 0.2) is 42.9 Å². The molecule has 3 aromatic rings. The SMILES string of the molecule is Cn1cc(C(=O)NCCCc2ncc[nH]2)c2ccccc21. The van der Waals surface area contributed by atoms with Gasteiger partial charge in [0.15, 0.2) is 0 Å². The van der Waals surface area contributed by atoms with Gasteiger partial charge in [-0.1, -0.05) is 18.2 Å². The lowest BCUT2D eigenvalue weighted by Gasteiger charge is -2.03. The highest BCUT2D eigenvalue weighted by Crippen LogP contribution is 2.19. The fourth-order valence-corrected chi connectivity index (χ4v) is 2.51. The Morgan fingerprint density at radius 2 is 2.24 bits per heavy atom. The van der Waals surface area contributed by atoms with E-state index < -0.39 is 0 Å². The number of fused-ring (bicyclic) bond motifs is 1. The van der Waals surface area contributed by atoms with Gasteiger partial charge in [0.05, 0.1) is 5.56 Å². The second kappa shape index (κ2) is 5.83. The Morgan fingerprint density at radius 3 is 3.05 bits per heavy atom. The van der Waals surface area contributed by atoms with Gasteiger partial charge in [-0.25, -0.2) is 4.98 Å². The Hall–Kier alpha value is -2.56. The number of nitrogens with zero attached hydrogens (tertiary/aromatic N) is 2. The number of H-pyrrole nitrogens is 1. The molecule has 0 saturated carbocycles. The first-order valence-electron chi connectivity index (χ1n) is 7.06. The first-order valence-corrected chi connectivity index (χ1v) is 7.06. The van der Waals surface area contributed by atoms with Gasteiger partial charge >= 0.3 is 0 Å². The molecule has 2 N–H and O–H groups in total. The minimum atomic E-state index is -0.0220. The summed E-state index contributed by atoms with van der Waals surface area (Å²) in [5.41, 5.74) is 1.80. The normalized spacial score (nSPS) is 10.9. The summed E-state index contributed by atoms with van der Waals surface area (Å²) in [4.78, 5) is 19.5. The summed E-state index contributed by atoms with van der Waals surface area (Å²) in [6.45, 7) is 0.642. The summed E-state index contributed by atoms with van der Waals surface area (Å²) in [7, 11) is 1.95. The van der Waals surface area contributed by atoms with Crippen LogP contribution in [-0.4, -0.2) is 27.0 Å². The maximum absolute atomic E-state index is 12.3. The average Bonchev–Trinajstić information content (AvgIpc) is 3.12. The summed E-state index contributed by atoms with van der Waals surface area (Å²) in [5, 5.41) is 3.96. The largest absolute Gasteiger partial charge is 0.352 e. The monoisotopic (exact) mass is 282 g/mol. The number of hydrogen-bond acceptors (Lipinski definition) is 2. The van der Waals surface area contributed by atoms with E-state index >= 15 is 0 Å². The summed E-state index contributed by atoms with van der Waals surface area (Å²) < 4.78 is 1.98. The molecular formula is C16H18N4O. The number of nitrogens with one attached hydrogen (secondary N) is 2. The van der Waals surface area contributed by atoms with Crippen LogP contribution in [0.4, 0.5) is 0 Å². The molecule has 5 heteroatoms. The van der Waals surface area contributed by atoms with E-state index in [1.54, 1.807) is 6.20 Å². The van der Waals surface area contributed by atoms with Gasteiger partial charge in [-0.2, -0.15) is 0 Å². The minimum Gasteiger partial charge on any atom is -0.352 e. The molecule has 0 aliphatic heterocycles. The number of aromatic nitrogens is 3. The molecule has 0 spiro atoms. The third kappa shape index (κ3) is 2.81. The van der Waals surface area contributed by atoms with Crippen molar-refractivity contribution in [1.82, 2.24) is 19.9 Å². The van der Waals surface area contributed by atoms with Crippen LogP contribution in [-0.2, 0) is 13.5 Å². The topological polar surface area (TPSA) is 62.7 Å². The fourth-order valence-electron chi connectivity index (χ4n) is 2.51. The third-order valence-corrected chi connectivity index (χ3v) is 3.57. The minimum absolute atomic E-state index is 0.0220. The number of rotatable bonds is 5. The second-order valence-electron chi connectivity index (χ2n) is 5.07. The first kappa shape index (κ1) is 13.4. The number of amides is 1. The van der Waals surface area contributed by atoms with Crippen LogP contribution < -0.4 is 5.32 Å². The average molecular weight is 282 g/mol. The molecule has 0 unspecified atom stereocenters. The summed E-state index contributed by atoms with van der Waals surface area (Å²) >= 11 is 0. The predicted molar refractivity (Wildman–Crippen MR) is 82.2 cm³/mol. The molecule has 1 amide bonds. The summed E-state index contributed by atoms with van der Waals surface area (Å²) in [6, 6.07) is 7.93. The zero-order valence-electron chi connectivity index (χ0n) is 12.0. The molecule has 21 heavy (non-hydrogen) atoms. The first-order chi connectivity index (χ1) is 10.3. The zero-order valence-corrected chi connectivity index (χ0v) is 12.0. The highest BCUT2D eigenvalue weighted by atomic mass is 16.1. The van der Waals surface area contributed by atoms with Gasteiger partial charge in [0, 0.05) is 49.5 Å². The maximum atomic E-state index is 12.3. The van der Waals surface area contributed by atoms with Crippen molar-refractivity contribution < 1.29 is 4.79 Å². The molecule has 0 aliphatic rings. The third-order valence-electron chi connectivity index (χ3n) is 3.57. The molecule has 3 rings (SSSR count). The van der Waals surface area contributed by atoms with Crippen molar-refractivity contribution in [3.8, 4) is 0 Å². The molecule has 0 fully saturated rings. The van der Waals surface area contributed by atoms with E-state index in [2.05, 4.69) is 15.3 Å². The second-order valence-corrected chi connectivity index (χ2v) is 5.07. The molecular weight excluding hydrogens is 264 g/mol. The highest BCUT2D eigenvalue weighted by molar-refractivity contribution is 6.06. The molecule has 108 valence electrons. The van der Waals surface area contributed by atoms with E-state index in [0.717, 1.165) is 35.1 Å². The van der Waals surface area contributed by atoms with E-state index in [-0.39, 0.29) is 5.91 Å². The van der Waals surface area contributed by atoms with Crippen molar-refractivity contribution in [2.75, 3.05) is 6.54 Å². The molecule has 2 heterocycles. The number of benzene rings is 1. The predicted octanol–water partition coefficient (Wildman–Crippen LogP) is 2.26. The maximum Gasteiger partial charge on any atom is 0.253 e. The smallest absolute Gasteiger partial charge is 0.253 e. The van der Waals surface area contributed by atoms with E-state index in [1.165, 1.54) is 0 Å². The Bertz CT molecular complexity index is 743. The number of aryl methyl sites for hydroxylation is 2. The van der Waals surface area contributed by atoms with Gasteiger partial charge < -0.3 is 14.9 Å². The van der Waals surface area contributed by atoms with Crippen LogP contribution in [0, 0.1) is 0 Å². The van der Waals surface area contributed by atoms with Crippen LogP contribution in [0.5, 0.6) is 0 Å². The molecule has 2 aromatic heterocycles. The Morgan fingerprint density at radius 1 is 1.38 bits per heavy atom. The number of carbonyl (C=O) groups excluding carboxylic acids is 1. The molecule has 0 bridgehead atoms. The van der Waals surface area contributed by atoms with E-state index in [1.807, 2.05) is 48.3 Å². The summed E-state index contributed by atoms with van der Waals surface area (Å²) in [6.07, 6.45) is 7.13. The molecule has 5 nitrogen and oxygen atoms in total. The molecule has 0 radical (unpaired) electrons. The van der Waals surface area contributed by atoms with Crippen LogP contribution in [0.1, 0.15) is 22.6 Å². The van der Waals surface area contributed by atoms with Crippen molar-refractivity contribution >= 4 is 16.8 Å². The van der Waals surface area contributed by atoms with Crippen LogP contribution >= 0.6 is 0 Å². The van der Waals surface area contributed by atoms with Gasteiger partial charge in [-0.05, 0) is 12.5 Å². The number of hydrogen-bond donors (Lipinski definition) is 2. The van der Waals surface area contributed by atoms with Crippen LogP contribution in [0.25, 0.3) is 10.9 Å². The van der Waals surface area contributed by atoms with Crippen molar-refractivity contribution in [2.45, 2.75) is 12.8 Å². The van der Waals surface area contributed by atoms with Gasteiger partial charge in [-0.3, -0.25) is 4.79 Å². The molecule has 0 aliphatic carbocycles. The Labute approximate surface area is 123 Å². The zero-order chi connectivity index (χ0) is 14.7. The van der Waals surface area contributed by atoms with Gasteiger partial charge in [0.2, 0.25) is 0 Å². The van der Waals surface area contributed by atoms with E-state index in [4.69, 9.17) is 0 Å². The molecule has 1 aromatic carbocycles. The lowest BCUT2D eigenvalue weighted by Crippen LogP contribution is -2.24. The fraction of sp³-hybridized carbons (Fsp3) is 0.250. The molecule has 0 saturated heterocycles.